The van der Waals surface area contributed by atoms with E-state index in [1.165, 1.54) is 0 Å². The Balaban J connectivity index is 2.51. The highest BCUT2D eigenvalue weighted by Gasteiger charge is 2.03. The van der Waals surface area contributed by atoms with Crippen LogP contribution >= 0.6 is 0 Å². The molecule has 0 aromatic carbocycles. The fourth-order valence-electron chi connectivity index (χ4n) is 1.30. The number of aliphatic carboxylic acids is 1. The third-order valence-electron chi connectivity index (χ3n) is 1.84. The van der Waals surface area contributed by atoms with Crippen LogP contribution in [0.5, 0.6) is 0 Å². The van der Waals surface area contributed by atoms with Crippen LogP contribution in [0.4, 0.5) is 0 Å². The number of hydrogen-bond donors (Lipinski definition) is 1. The molecular weight excluding hydrogens is 168 g/mol. The zero-order valence-electron chi connectivity index (χ0n) is 6.84. The minimum absolute atomic E-state index is 0.0187. The lowest BCUT2D eigenvalue weighted by atomic mass is 10.4. The Labute approximate surface area is 74.4 Å². The first-order chi connectivity index (χ1) is 6.27. The Kier molecular flexibility index (Phi) is 1.73. The summed E-state index contributed by atoms with van der Waals surface area (Å²) in [7, 11) is 0. The van der Waals surface area contributed by atoms with E-state index in [1.54, 1.807) is 29.1 Å². The van der Waals surface area contributed by atoms with Crippen LogP contribution in [0, 0.1) is 0 Å². The highest BCUT2D eigenvalue weighted by atomic mass is 16.4. The van der Waals surface area contributed by atoms with Crippen molar-refractivity contribution in [1.29, 1.82) is 0 Å². The zero-order valence-corrected chi connectivity index (χ0v) is 6.84. The molecule has 4 heteroatoms. The molecule has 0 unspecified atom stereocenters. The molecule has 0 aliphatic rings. The van der Waals surface area contributed by atoms with Gasteiger partial charge in [-0.15, -0.1) is 0 Å². The van der Waals surface area contributed by atoms with E-state index in [9.17, 15) is 4.79 Å². The van der Waals surface area contributed by atoms with Crippen molar-refractivity contribution >= 4 is 17.0 Å². The largest absolute Gasteiger partial charge is 0.480 e. The molecule has 0 spiro atoms. The van der Waals surface area contributed by atoms with Crippen molar-refractivity contribution in [3.8, 4) is 0 Å². The molecular formula is C9H8N2O2. The monoisotopic (exact) mass is 176 g/mol. The second-order valence-corrected chi connectivity index (χ2v) is 2.75. The quantitative estimate of drug-likeness (QED) is 0.746. The van der Waals surface area contributed by atoms with Crippen molar-refractivity contribution in [2.24, 2.45) is 0 Å². The molecule has 0 amide bonds. The molecule has 0 aliphatic carbocycles. The molecule has 0 saturated heterocycles. The van der Waals surface area contributed by atoms with Crippen LogP contribution in [0.3, 0.4) is 0 Å². The van der Waals surface area contributed by atoms with Gasteiger partial charge in [-0.05, 0) is 18.2 Å². The summed E-state index contributed by atoms with van der Waals surface area (Å²) in [6, 6.07) is 5.45. The predicted molar refractivity (Wildman–Crippen MR) is 47.4 cm³/mol. The summed E-state index contributed by atoms with van der Waals surface area (Å²) in [5.41, 5.74) is 1.67. The van der Waals surface area contributed by atoms with Crippen LogP contribution < -0.4 is 0 Å². The molecule has 4 nitrogen and oxygen atoms in total. The van der Waals surface area contributed by atoms with Gasteiger partial charge in [0.05, 0.1) is 11.0 Å². The molecule has 0 bridgehead atoms. The first-order valence-corrected chi connectivity index (χ1v) is 3.89. The highest BCUT2D eigenvalue weighted by Crippen LogP contribution is 2.11. The van der Waals surface area contributed by atoms with Crippen LogP contribution in [-0.4, -0.2) is 20.6 Å². The van der Waals surface area contributed by atoms with Crippen LogP contribution in [0.1, 0.15) is 0 Å². The van der Waals surface area contributed by atoms with Crippen LogP contribution in [0.25, 0.3) is 11.0 Å². The SMILES string of the molecule is O=C(O)Cn1ccc2ncccc21. The molecule has 2 aromatic rings. The second-order valence-electron chi connectivity index (χ2n) is 2.75. The van der Waals surface area contributed by atoms with Crippen molar-refractivity contribution < 1.29 is 9.90 Å². The first kappa shape index (κ1) is 7.79. The highest BCUT2D eigenvalue weighted by molar-refractivity contribution is 5.77. The van der Waals surface area contributed by atoms with E-state index in [0.29, 0.717) is 0 Å². The summed E-state index contributed by atoms with van der Waals surface area (Å²) >= 11 is 0. The Morgan fingerprint density at radius 3 is 3.15 bits per heavy atom. The summed E-state index contributed by atoms with van der Waals surface area (Å²) in [4.78, 5) is 14.6. The van der Waals surface area contributed by atoms with Crippen molar-refractivity contribution in [3.63, 3.8) is 0 Å². The van der Waals surface area contributed by atoms with Crippen LogP contribution in [0.2, 0.25) is 0 Å². The lowest BCUT2D eigenvalue weighted by Gasteiger charge is -1.99. The van der Waals surface area contributed by atoms with E-state index in [0.717, 1.165) is 11.0 Å². The number of nitrogens with zero attached hydrogens (tertiary/aromatic N) is 2. The van der Waals surface area contributed by atoms with Gasteiger partial charge < -0.3 is 9.67 Å². The van der Waals surface area contributed by atoms with Gasteiger partial charge in [0.2, 0.25) is 0 Å². The van der Waals surface area contributed by atoms with E-state index in [4.69, 9.17) is 5.11 Å². The normalized spacial score (nSPS) is 10.5. The van der Waals surface area contributed by atoms with Crippen LogP contribution in [-0.2, 0) is 11.3 Å². The third kappa shape index (κ3) is 1.38. The molecule has 0 saturated carbocycles. The van der Waals surface area contributed by atoms with E-state index in [1.807, 2.05) is 6.07 Å². The van der Waals surface area contributed by atoms with Crippen molar-refractivity contribution in [3.05, 3.63) is 30.6 Å². The number of hydrogen-bond acceptors (Lipinski definition) is 2. The molecule has 1 N–H and O–H groups in total. The molecule has 13 heavy (non-hydrogen) atoms. The Bertz CT molecular complexity index is 448. The number of fused-ring (bicyclic) bond motifs is 1. The first-order valence-electron chi connectivity index (χ1n) is 3.89. The predicted octanol–water partition coefficient (Wildman–Crippen LogP) is 1.12. The lowest BCUT2D eigenvalue weighted by molar-refractivity contribution is -0.137. The van der Waals surface area contributed by atoms with Gasteiger partial charge in [-0.2, -0.15) is 0 Å². The molecule has 66 valence electrons. The van der Waals surface area contributed by atoms with Crippen molar-refractivity contribution in [2.45, 2.75) is 6.54 Å². The number of rotatable bonds is 2. The standard InChI is InChI=1S/C9H8N2O2/c12-9(13)6-11-5-3-7-8(11)2-1-4-10-7/h1-5H,6H2,(H,12,13). The maximum Gasteiger partial charge on any atom is 0.323 e. The summed E-state index contributed by atoms with van der Waals surface area (Å²) in [5.74, 6) is -0.846. The topological polar surface area (TPSA) is 55.1 Å². The number of carboxylic acids is 1. The summed E-state index contributed by atoms with van der Waals surface area (Å²) in [6.45, 7) is -0.0187. The molecule has 2 rings (SSSR count). The van der Waals surface area contributed by atoms with Crippen molar-refractivity contribution in [2.75, 3.05) is 0 Å². The molecule has 2 heterocycles. The average Bonchev–Trinajstić information content (AvgIpc) is 2.48. The number of aromatic nitrogens is 2. The lowest BCUT2D eigenvalue weighted by Crippen LogP contribution is -2.07. The van der Waals surface area contributed by atoms with Gasteiger partial charge in [0.1, 0.15) is 6.54 Å². The maximum atomic E-state index is 10.5. The van der Waals surface area contributed by atoms with E-state index >= 15 is 0 Å². The minimum Gasteiger partial charge on any atom is -0.480 e. The maximum absolute atomic E-state index is 10.5. The molecule has 2 aromatic heterocycles. The third-order valence-corrected chi connectivity index (χ3v) is 1.84. The fraction of sp³-hybridized carbons (Fsp3) is 0.111. The van der Waals surface area contributed by atoms with Gasteiger partial charge in [0.15, 0.2) is 0 Å². The smallest absolute Gasteiger partial charge is 0.323 e. The van der Waals surface area contributed by atoms with Gasteiger partial charge in [-0.1, -0.05) is 0 Å². The van der Waals surface area contributed by atoms with Crippen molar-refractivity contribution in [1.82, 2.24) is 9.55 Å². The molecule has 0 aliphatic heterocycles. The van der Waals surface area contributed by atoms with Gasteiger partial charge in [-0.25, -0.2) is 0 Å². The molecule has 0 atom stereocenters. The van der Waals surface area contributed by atoms with Gasteiger partial charge in [-0.3, -0.25) is 9.78 Å². The number of carboxylic acid groups (broad SMARTS) is 1. The summed E-state index contributed by atoms with van der Waals surface area (Å²) < 4.78 is 1.66. The van der Waals surface area contributed by atoms with Gasteiger partial charge >= 0.3 is 5.97 Å². The Hall–Kier alpha value is -1.84. The fourth-order valence-corrected chi connectivity index (χ4v) is 1.30. The average molecular weight is 176 g/mol. The summed E-state index contributed by atoms with van der Waals surface area (Å²) in [6.07, 6.45) is 3.42. The Morgan fingerprint density at radius 1 is 1.54 bits per heavy atom. The Morgan fingerprint density at radius 2 is 2.38 bits per heavy atom. The number of carbonyl (C=O) groups is 1. The van der Waals surface area contributed by atoms with Gasteiger partial charge in [0, 0.05) is 12.4 Å². The molecule has 0 fully saturated rings. The van der Waals surface area contributed by atoms with Gasteiger partial charge in [0.25, 0.3) is 0 Å². The van der Waals surface area contributed by atoms with Crippen LogP contribution in [0.15, 0.2) is 30.6 Å². The minimum atomic E-state index is -0.846. The van der Waals surface area contributed by atoms with E-state index < -0.39 is 5.97 Å². The summed E-state index contributed by atoms with van der Waals surface area (Å²) in [5, 5.41) is 8.60. The molecule has 0 radical (unpaired) electrons. The van der Waals surface area contributed by atoms with E-state index in [-0.39, 0.29) is 6.54 Å². The van der Waals surface area contributed by atoms with E-state index in [2.05, 4.69) is 4.98 Å². The zero-order chi connectivity index (χ0) is 9.26. The second kappa shape index (κ2) is 2.90. The number of pyridine rings is 1.